The molecule has 34 heavy (non-hydrogen) atoms. The Morgan fingerprint density at radius 1 is 0.765 bits per heavy atom. The molecule has 0 spiro atoms. The summed E-state index contributed by atoms with van der Waals surface area (Å²) in [5.74, 6) is -1.51. The lowest BCUT2D eigenvalue weighted by Gasteiger charge is -2.10. The van der Waals surface area contributed by atoms with Crippen LogP contribution in [0.15, 0.2) is 48.5 Å². The molecule has 0 fully saturated rings. The van der Waals surface area contributed by atoms with Gasteiger partial charge in [0.2, 0.25) is 17.7 Å². The lowest BCUT2D eigenvalue weighted by atomic mass is 10.1. The molecule has 0 aliphatic heterocycles. The van der Waals surface area contributed by atoms with Crippen molar-refractivity contribution in [2.75, 3.05) is 11.9 Å². The van der Waals surface area contributed by atoms with Crippen LogP contribution >= 0.6 is 0 Å². The highest BCUT2D eigenvalue weighted by Gasteiger charge is 2.11. The van der Waals surface area contributed by atoms with Gasteiger partial charge in [0.1, 0.15) is 0 Å². The second kappa shape index (κ2) is 14.5. The maximum absolute atomic E-state index is 12.1. The van der Waals surface area contributed by atoms with Crippen LogP contribution in [0.5, 0.6) is 0 Å². The van der Waals surface area contributed by atoms with Crippen molar-refractivity contribution >= 4 is 29.4 Å². The summed E-state index contributed by atoms with van der Waals surface area (Å²) in [6.45, 7) is 4.16. The number of nitrogens with one attached hydrogen (secondary N) is 3. The van der Waals surface area contributed by atoms with Crippen molar-refractivity contribution in [1.29, 1.82) is 0 Å². The van der Waals surface area contributed by atoms with Crippen LogP contribution in [0.2, 0.25) is 0 Å². The Kier molecular flexibility index (Phi) is 11.3. The predicted molar refractivity (Wildman–Crippen MR) is 130 cm³/mol. The second-order valence-electron chi connectivity index (χ2n) is 8.13. The van der Waals surface area contributed by atoms with Crippen molar-refractivity contribution in [2.45, 2.75) is 58.8 Å². The topological polar surface area (TPSA) is 114 Å². The van der Waals surface area contributed by atoms with E-state index in [1.807, 2.05) is 62.4 Å². The summed E-state index contributed by atoms with van der Waals surface area (Å²) in [5, 5.41) is 2.79. The molecule has 0 heterocycles. The number of benzene rings is 2. The van der Waals surface area contributed by atoms with Gasteiger partial charge in [0, 0.05) is 31.4 Å². The van der Waals surface area contributed by atoms with Crippen LogP contribution < -0.4 is 16.2 Å². The van der Waals surface area contributed by atoms with Gasteiger partial charge in [0.15, 0.2) is 0 Å². The first kappa shape index (κ1) is 26.6. The quantitative estimate of drug-likeness (QED) is 0.251. The smallest absolute Gasteiger partial charge is 0.305 e. The lowest BCUT2D eigenvalue weighted by molar-refractivity contribution is -0.144. The van der Waals surface area contributed by atoms with E-state index in [1.165, 1.54) is 5.56 Å². The van der Waals surface area contributed by atoms with Gasteiger partial charge in [-0.15, -0.1) is 0 Å². The number of ether oxygens (including phenoxy) is 1. The first-order valence-corrected chi connectivity index (χ1v) is 11.5. The number of carbonyl (C=O) groups excluding carboxylic acids is 4. The molecule has 0 radical (unpaired) electrons. The summed E-state index contributed by atoms with van der Waals surface area (Å²) >= 11 is 0. The highest BCUT2D eigenvalue weighted by atomic mass is 16.5. The van der Waals surface area contributed by atoms with Crippen molar-refractivity contribution in [1.82, 2.24) is 10.9 Å². The maximum atomic E-state index is 12.1. The van der Waals surface area contributed by atoms with E-state index in [9.17, 15) is 19.2 Å². The largest absolute Gasteiger partial charge is 0.466 e. The highest BCUT2D eigenvalue weighted by Crippen LogP contribution is 2.16. The van der Waals surface area contributed by atoms with Gasteiger partial charge in [0.25, 0.3) is 0 Å². The van der Waals surface area contributed by atoms with Gasteiger partial charge in [-0.1, -0.05) is 42.5 Å². The van der Waals surface area contributed by atoms with E-state index in [2.05, 4.69) is 16.2 Å². The summed E-state index contributed by atoms with van der Waals surface area (Å²) in [6.07, 6.45) is 2.03. The number of hydrazine groups is 1. The van der Waals surface area contributed by atoms with Gasteiger partial charge in [0.05, 0.1) is 6.61 Å². The number of esters is 1. The molecule has 3 N–H and O–H groups in total. The van der Waals surface area contributed by atoms with E-state index in [0.29, 0.717) is 18.7 Å². The van der Waals surface area contributed by atoms with Crippen LogP contribution in [0.3, 0.4) is 0 Å². The average molecular weight is 468 g/mol. The monoisotopic (exact) mass is 467 g/mol. The van der Waals surface area contributed by atoms with E-state index in [1.54, 1.807) is 0 Å². The number of rotatable bonds is 12. The number of aryl methyl sites for hydroxylation is 3. The Labute approximate surface area is 200 Å². The average Bonchev–Trinajstić information content (AvgIpc) is 2.82. The molecule has 0 unspecified atom stereocenters. The summed E-state index contributed by atoms with van der Waals surface area (Å²) in [4.78, 5) is 47.5. The fraction of sp³-hybridized carbons (Fsp3) is 0.385. The third-order valence-corrected chi connectivity index (χ3v) is 5.09. The zero-order valence-corrected chi connectivity index (χ0v) is 19.8. The molecule has 0 bridgehead atoms. The number of hydrogen-bond donors (Lipinski definition) is 3. The molecule has 2 aromatic rings. The Morgan fingerprint density at radius 3 is 2.18 bits per heavy atom. The minimum atomic E-state index is -0.470. The Bertz CT molecular complexity index is 976. The molecular formula is C26H33N3O5. The molecule has 0 atom stereocenters. The van der Waals surface area contributed by atoms with Crippen molar-refractivity contribution in [3.8, 4) is 0 Å². The summed E-state index contributed by atoms with van der Waals surface area (Å²) < 4.78 is 5.18. The first-order chi connectivity index (χ1) is 16.3. The molecule has 0 aromatic heterocycles. The second-order valence-corrected chi connectivity index (χ2v) is 8.13. The molecule has 3 amide bonds. The van der Waals surface area contributed by atoms with Crippen LogP contribution in [-0.2, 0) is 30.3 Å². The van der Waals surface area contributed by atoms with Crippen molar-refractivity contribution in [3.63, 3.8) is 0 Å². The molecule has 2 aromatic carbocycles. The zero-order valence-electron chi connectivity index (χ0n) is 19.8. The molecular weight excluding hydrogens is 434 g/mol. The fourth-order valence-electron chi connectivity index (χ4n) is 3.15. The summed E-state index contributed by atoms with van der Waals surface area (Å²) in [6, 6.07) is 15.7. The van der Waals surface area contributed by atoms with E-state index < -0.39 is 11.8 Å². The molecule has 8 nitrogen and oxygen atoms in total. The molecule has 182 valence electrons. The van der Waals surface area contributed by atoms with Gasteiger partial charge >= 0.3 is 5.97 Å². The maximum Gasteiger partial charge on any atom is 0.305 e. The Hall–Kier alpha value is -3.68. The van der Waals surface area contributed by atoms with E-state index in [0.717, 1.165) is 24.0 Å². The minimum absolute atomic E-state index is 0.00873. The van der Waals surface area contributed by atoms with Crippen molar-refractivity contribution in [2.24, 2.45) is 0 Å². The van der Waals surface area contributed by atoms with Gasteiger partial charge in [-0.25, -0.2) is 0 Å². The number of amides is 3. The van der Waals surface area contributed by atoms with Crippen LogP contribution in [0.4, 0.5) is 5.69 Å². The number of carbonyl (C=O) groups is 4. The Balaban J connectivity index is 1.51. The minimum Gasteiger partial charge on any atom is -0.466 e. The molecule has 0 saturated heterocycles. The van der Waals surface area contributed by atoms with Crippen molar-refractivity contribution in [3.05, 3.63) is 65.2 Å². The summed E-state index contributed by atoms with van der Waals surface area (Å²) in [5.41, 5.74) is 8.45. The van der Waals surface area contributed by atoms with Gasteiger partial charge in [-0.2, -0.15) is 0 Å². The van der Waals surface area contributed by atoms with Gasteiger partial charge < -0.3 is 10.1 Å². The fourth-order valence-corrected chi connectivity index (χ4v) is 3.15. The molecule has 0 saturated carbocycles. The molecule has 2 rings (SSSR count). The third kappa shape index (κ3) is 10.8. The van der Waals surface area contributed by atoms with Crippen molar-refractivity contribution < 1.29 is 23.9 Å². The third-order valence-electron chi connectivity index (χ3n) is 5.09. The summed E-state index contributed by atoms with van der Waals surface area (Å²) in [7, 11) is 0. The van der Waals surface area contributed by atoms with E-state index in [-0.39, 0.29) is 37.6 Å². The lowest BCUT2D eigenvalue weighted by Crippen LogP contribution is -2.41. The number of anilines is 1. The van der Waals surface area contributed by atoms with Crippen LogP contribution in [0, 0.1) is 13.8 Å². The van der Waals surface area contributed by atoms with Crippen LogP contribution in [-0.4, -0.2) is 30.3 Å². The van der Waals surface area contributed by atoms with Crippen LogP contribution in [0.25, 0.3) is 0 Å². The van der Waals surface area contributed by atoms with Gasteiger partial charge in [-0.3, -0.25) is 30.0 Å². The normalized spacial score (nSPS) is 10.3. The molecule has 0 aliphatic carbocycles. The number of hydrogen-bond acceptors (Lipinski definition) is 5. The van der Waals surface area contributed by atoms with Gasteiger partial charge in [-0.05, 0) is 55.9 Å². The van der Waals surface area contributed by atoms with E-state index >= 15 is 0 Å². The predicted octanol–water partition coefficient (Wildman–Crippen LogP) is 3.52. The molecule has 0 aliphatic rings. The zero-order chi connectivity index (χ0) is 24.8. The SMILES string of the molecule is Cc1ccc(C)c(NC(=O)CCC(=O)NNC(=O)CCCC(=O)OCCCc2ccccc2)c1. The Morgan fingerprint density at radius 2 is 1.44 bits per heavy atom. The highest BCUT2D eigenvalue weighted by molar-refractivity contribution is 5.94. The van der Waals surface area contributed by atoms with Crippen LogP contribution in [0.1, 0.15) is 55.2 Å². The van der Waals surface area contributed by atoms with E-state index in [4.69, 9.17) is 4.74 Å². The molecule has 8 heteroatoms. The standard InChI is InChI=1S/C26H33N3O5/c1-19-13-14-20(2)22(18-19)27-23(30)15-16-25(32)29-28-24(31)11-6-12-26(33)34-17-7-10-21-8-4-3-5-9-21/h3-5,8-9,13-14,18H,6-7,10-12,15-17H2,1-2H3,(H,27,30)(H,28,31)(H,29,32). The first-order valence-electron chi connectivity index (χ1n) is 11.5.